The Morgan fingerprint density at radius 3 is 1.55 bits per heavy atom. The highest BCUT2D eigenvalue weighted by molar-refractivity contribution is 4.32. The second-order valence-corrected chi connectivity index (χ2v) is 1.80. The number of nitrogens with zero attached hydrogens (tertiary/aromatic N) is 1. The summed E-state index contributed by atoms with van der Waals surface area (Å²) in [5, 5.41) is 1.96. The zero-order chi connectivity index (χ0) is 9.70. The summed E-state index contributed by atoms with van der Waals surface area (Å²) in [6.45, 7) is 15.2. The summed E-state index contributed by atoms with van der Waals surface area (Å²) in [6, 6.07) is 0. The third-order valence-electron chi connectivity index (χ3n) is 0.678. The third-order valence-corrected chi connectivity index (χ3v) is 0.678. The maximum atomic E-state index is 3.13. The Bertz CT molecular complexity index is 51.5. The molecule has 0 unspecified atom stereocenters. The van der Waals surface area contributed by atoms with Crippen molar-refractivity contribution < 1.29 is 0 Å². The largest absolute Gasteiger partial charge is 0.256 e. The van der Waals surface area contributed by atoms with E-state index in [0.29, 0.717) is 0 Å². The number of hydrogen-bond acceptors (Lipinski definition) is 2. The van der Waals surface area contributed by atoms with Gasteiger partial charge in [0.2, 0.25) is 0 Å². The summed E-state index contributed by atoms with van der Waals surface area (Å²) in [5.41, 5.74) is 3.13. The maximum Gasteiger partial charge on any atom is 0.00993 e. The lowest BCUT2D eigenvalue weighted by atomic mass is 10.5. The Balaban J connectivity index is -0.000000138. The molecule has 0 radical (unpaired) electrons. The van der Waals surface area contributed by atoms with Crippen molar-refractivity contribution in [1.29, 1.82) is 0 Å². The van der Waals surface area contributed by atoms with Crippen LogP contribution < -0.4 is 5.43 Å². The minimum Gasteiger partial charge on any atom is -0.256 e. The first-order valence-corrected chi connectivity index (χ1v) is 3.68. The molecule has 0 bridgehead atoms. The van der Waals surface area contributed by atoms with E-state index in [1.807, 2.05) is 19.1 Å². The molecule has 0 aliphatic rings. The van der Waals surface area contributed by atoms with Gasteiger partial charge < -0.3 is 0 Å². The molecule has 0 aromatic rings. The van der Waals surface area contributed by atoms with E-state index in [-0.39, 0.29) is 0 Å². The molecule has 0 spiro atoms. The van der Waals surface area contributed by atoms with Gasteiger partial charge in [-0.05, 0) is 6.42 Å². The van der Waals surface area contributed by atoms with Crippen LogP contribution in [0.25, 0.3) is 0 Å². The van der Waals surface area contributed by atoms with E-state index in [1.54, 1.807) is 0 Å². The molecule has 0 amide bonds. The Labute approximate surface area is 71.6 Å². The van der Waals surface area contributed by atoms with Gasteiger partial charge in [0.15, 0.2) is 0 Å². The Morgan fingerprint density at radius 1 is 1.09 bits per heavy atom. The van der Waals surface area contributed by atoms with Gasteiger partial charge in [0.05, 0.1) is 0 Å². The van der Waals surface area contributed by atoms with E-state index in [2.05, 4.69) is 38.7 Å². The normalized spacial score (nSPS) is 7.27. The summed E-state index contributed by atoms with van der Waals surface area (Å²) in [5.74, 6) is 0. The van der Waals surface area contributed by atoms with Crippen molar-refractivity contribution in [2.45, 2.75) is 13.3 Å². The fourth-order valence-electron chi connectivity index (χ4n) is 0.335. The van der Waals surface area contributed by atoms with Crippen LogP contribution in [0, 0.1) is 0 Å². The van der Waals surface area contributed by atoms with Crippen molar-refractivity contribution in [3.8, 4) is 0 Å². The topological polar surface area (TPSA) is 15.3 Å². The molecule has 0 atom stereocenters. The lowest BCUT2D eigenvalue weighted by Crippen LogP contribution is -2.30. The first-order chi connectivity index (χ1) is 5.27. The monoisotopic (exact) mass is 158 g/mol. The minimum atomic E-state index is 1.08. The molecule has 0 heterocycles. The molecule has 2 nitrogen and oxygen atoms in total. The number of hydrazine groups is 1. The molecule has 0 aromatic heterocycles. The standard InChI is InChI=1S/C5H14N2.2C2H4/c1-4-5-6-7(2)3;2*1-2/h6H,4-5H2,1-3H3;2*1-2H2. The Hall–Kier alpha value is -0.600. The third kappa shape index (κ3) is 44.5. The van der Waals surface area contributed by atoms with Gasteiger partial charge in [0.25, 0.3) is 0 Å². The lowest BCUT2D eigenvalue weighted by molar-refractivity contribution is 0.291. The number of hydrogen-bond donors (Lipinski definition) is 1. The fourth-order valence-corrected chi connectivity index (χ4v) is 0.335. The fraction of sp³-hybridized carbons (Fsp3) is 0.556. The van der Waals surface area contributed by atoms with E-state index in [0.717, 1.165) is 6.54 Å². The van der Waals surface area contributed by atoms with Gasteiger partial charge in [0, 0.05) is 20.6 Å². The molecule has 0 aliphatic heterocycles. The van der Waals surface area contributed by atoms with E-state index >= 15 is 0 Å². The van der Waals surface area contributed by atoms with Crippen molar-refractivity contribution >= 4 is 0 Å². The highest BCUT2D eigenvalue weighted by Crippen LogP contribution is 1.68. The Morgan fingerprint density at radius 2 is 1.45 bits per heavy atom. The van der Waals surface area contributed by atoms with Crippen LogP contribution in [0.4, 0.5) is 0 Å². The summed E-state index contributed by atoms with van der Waals surface area (Å²) < 4.78 is 0. The van der Waals surface area contributed by atoms with Crippen LogP contribution in [0.2, 0.25) is 0 Å². The van der Waals surface area contributed by atoms with Crippen LogP contribution in [0.15, 0.2) is 26.3 Å². The first-order valence-electron chi connectivity index (χ1n) is 3.68. The molecule has 0 saturated carbocycles. The summed E-state index contributed by atoms with van der Waals surface area (Å²) in [7, 11) is 3.99. The minimum absolute atomic E-state index is 1.08. The van der Waals surface area contributed by atoms with E-state index < -0.39 is 0 Å². The van der Waals surface area contributed by atoms with E-state index in [9.17, 15) is 0 Å². The summed E-state index contributed by atoms with van der Waals surface area (Å²) >= 11 is 0. The van der Waals surface area contributed by atoms with Crippen LogP contribution in [0.1, 0.15) is 13.3 Å². The van der Waals surface area contributed by atoms with Crippen molar-refractivity contribution in [2.75, 3.05) is 20.6 Å². The van der Waals surface area contributed by atoms with Gasteiger partial charge in [-0.15, -0.1) is 26.3 Å². The molecular formula is C9H22N2. The second kappa shape index (κ2) is 22.7. The molecule has 2 heteroatoms. The van der Waals surface area contributed by atoms with Crippen molar-refractivity contribution in [3.05, 3.63) is 26.3 Å². The first kappa shape index (κ1) is 16.8. The SMILES string of the molecule is C=C.C=C.CCCNN(C)C. The summed E-state index contributed by atoms with van der Waals surface area (Å²) in [4.78, 5) is 0. The quantitative estimate of drug-likeness (QED) is 0.499. The molecule has 0 aromatic carbocycles. The zero-order valence-corrected chi connectivity index (χ0v) is 8.19. The average molecular weight is 158 g/mol. The van der Waals surface area contributed by atoms with Crippen LogP contribution >= 0.6 is 0 Å². The molecule has 68 valence electrons. The molecule has 0 fully saturated rings. The predicted octanol–water partition coefficient (Wildman–Crippen LogP) is 2.07. The predicted molar refractivity (Wildman–Crippen MR) is 54.5 cm³/mol. The zero-order valence-electron chi connectivity index (χ0n) is 8.19. The molecule has 1 N–H and O–H groups in total. The lowest BCUT2D eigenvalue weighted by Gasteiger charge is -2.08. The van der Waals surface area contributed by atoms with Gasteiger partial charge in [-0.1, -0.05) is 6.92 Å². The molecular weight excluding hydrogens is 136 g/mol. The van der Waals surface area contributed by atoms with Gasteiger partial charge in [-0.25, -0.2) is 0 Å². The van der Waals surface area contributed by atoms with Crippen molar-refractivity contribution in [2.24, 2.45) is 0 Å². The van der Waals surface area contributed by atoms with Gasteiger partial charge in [0.1, 0.15) is 0 Å². The van der Waals surface area contributed by atoms with Crippen LogP contribution in [-0.4, -0.2) is 25.6 Å². The van der Waals surface area contributed by atoms with Crippen LogP contribution in [0.3, 0.4) is 0 Å². The van der Waals surface area contributed by atoms with Gasteiger partial charge in [-0.3, -0.25) is 10.4 Å². The number of nitrogens with one attached hydrogen (secondary N) is 1. The second-order valence-electron chi connectivity index (χ2n) is 1.80. The van der Waals surface area contributed by atoms with Gasteiger partial charge in [-0.2, -0.15) is 0 Å². The van der Waals surface area contributed by atoms with Crippen LogP contribution in [0.5, 0.6) is 0 Å². The molecule has 0 rings (SSSR count). The number of rotatable bonds is 3. The molecule has 11 heavy (non-hydrogen) atoms. The van der Waals surface area contributed by atoms with Crippen molar-refractivity contribution in [1.82, 2.24) is 10.4 Å². The Kier molecular flexibility index (Phi) is 34.7. The highest BCUT2D eigenvalue weighted by atomic mass is 15.5. The van der Waals surface area contributed by atoms with E-state index in [1.165, 1.54) is 6.42 Å². The maximum absolute atomic E-state index is 3.13. The van der Waals surface area contributed by atoms with E-state index in [4.69, 9.17) is 0 Å². The highest BCUT2D eigenvalue weighted by Gasteiger charge is 1.80. The summed E-state index contributed by atoms with van der Waals surface area (Å²) in [6.07, 6.45) is 1.19. The molecule has 0 aliphatic carbocycles. The van der Waals surface area contributed by atoms with Crippen molar-refractivity contribution in [3.63, 3.8) is 0 Å². The average Bonchev–Trinajstić information content (AvgIpc) is 2.08. The van der Waals surface area contributed by atoms with Crippen LogP contribution in [-0.2, 0) is 0 Å². The van der Waals surface area contributed by atoms with Gasteiger partial charge >= 0.3 is 0 Å². The smallest absolute Gasteiger partial charge is 0.00993 e. The molecule has 0 saturated heterocycles.